The van der Waals surface area contributed by atoms with Crippen molar-refractivity contribution in [3.05, 3.63) is 60.2 Å². The number of aryl methyl sites for hydroxylation is 1. The summed E-state index contributed by atoms with van der Waals surface area (Å²) in [7, 11) is 0. The first-order valence-corrected chi connectivity index (χ1v) is 13.9. The number of benzene rings is 3. The minimum atomic E-state index is 0.210. The monoisotopic (exact) mass is 489 g/mol. The van der Waals surface area contributed by atoms with Crippen LogP contribution in [0.5, 0.6) is 11.5 Å². The van der Waals surface area contributed by atoms with Crippen LogP contribution in [-0.2, 0) is 11.2 Å². The van der Waals surface area contributed by atoms with Crippen LogP contribution in [0, 0.1) is 0 Å². The van der Waals surface area contributed by atoms with Crippen LogP contribution in [0.4, 0.5) is 0 Å². The average molecular weight is 490 g/mol. The molecular formula is C32H43NO3. The summed E-state index contributed by atoms with van der Waals surface area (Å²) >= 11 is 0. The van der Waals surface area contributed by atoms with Gasteiger partial charge in [0.25, 0.3) is 0 Å². The van der Waals surface area contributed by atoms with Gasteiger partial charge in [0.2, 0.25) is 5.91 Å². The zero-order chi connectivity index (χ0) is 25.6. The van der Waals surface area contributed by atoms with Crippen LogP contribution in [0.15, 0.2) is 54.6 Å². The van der Waals surface area contributed by atoms with Gasteiger partial charge in [-0.15, -0.1) is 0 Å². The van der Waals surface area contributed by atoms with E-state index in [0.717, 1.165) is 49.6 Å². The first-order valence-electron chi connectivity index (χ1n) is 13.9. The van der Waals surface area contributed by atoms with Crippen molar-refractivity contribution in [1.29, 1.82) is 0 Å². The highest BCUT2D eigenvalue weighted by molar-refractivity contribution is 5.92. The van der Waals surface area contributed by atoms with Gasteiger partial charge in [0, 0.05) is 13.0 Å². The van der Waals surface area contributed by atoms with Crippen LogP contribution in [-0.4, -0.2) is 22.7 Å². The molecule has 0 bridgehead atoms. The maximum Gasteiger partial charge on any atom is 0.219 e. The van der Waals surface area contributed by atoms with Gasteiger partial charge in [-0.2, -0.15) is 0 Å². The number of amides is 1. The third-order valence-electron chi connectivity index (χ3n) is 6.98. The zero-order valence-corrected chi connectivity index (χ0v) is 21.9. The van der Waals surface area contributed by atoms with E-state index >= 15 is 0 Å². The van der Waals surface area contributed by atoms with Gasteiger partial charge in [-0.05, 0) is 77.4 Å². The number of phenolic OH excluding ortho intramolecular Hbond substituents is 2. The smallest absolute Gasteiger partial charge is 0.219 e. The van der Waals surface area contributed by atoms with Crippen LogP contribution in [0.3, 0.4) is 0 Å². The summed E-state index contributed by atoms with van der Waals surface area (Å²) in [6.07, 6.45) is 14.5. The van der Waals surface area contributed by atoms with Crippen LogP contribution >= 0.6 is 0 Å². The van der Waals surface area contributed by atoms with E-state index in [9.17, 15) is 15.0 Å². The molecule has 0 saturated heterocycles. The molecule has 0 saturated carbocycles. The van der Waals surface area contributed by atoms with E-state index in [1.165, 1.54) is 61.5 Å². The first-order chi connectivity index (χ1) is 17.6. The lowest BCUT2D eigenvalue weighted by Gasteiger charge is -2.14. The number of carbonyl (C=O) groups is 1. The molecule has 36 heavy (non-hydrogen) atoms. The Morgan fingerprint density at radius 2 is 1.39 bits per heavy atom. The number of phenols is 2. The average Bonchev–Trinajstić information content (AvgIpc) is 2.88. The summed E-state index contributed by atoms with van der Waals surface area (Å²) in [5.41, 5.74) is 3.61. The van der Waals surface area contributed by atoms with Crippen molar-refractivity contribution in [2.24, 2.45) is 0 Å². The number of hydrogen-bond acceptors (Lipinski definition) is 3. The number of unbranched alkanes of at least 4 members (excludes halogenated alkanes) is 9. The van der Waals surface area contributed by atoms with Crippen molar-refractivity contribution in [3.8, 4) is 22.6 Å². The van der Waals surface area contributed by atoms with E-state index in [4.69, 9.17) is 0 Å². The second kappa shape index (κ2) is 15.2. The molecule has 1 amide bonds. The number of aromatic hydroxyl groups is 2. The molecule has 4 nitrogen and oxygen atoms in total. The van der Waals surface area contributed by atoms with Crippen molar-refractivity contribution in [2.45, 2.75) is 90.4 Å². The molecule has 0 aliphatic heterocycles. The fourth-order valence-corrected chi connectivity index (χ4v) is 4.90. The highest BCUT2D eigenvalue weighted by Gasteiger charge is 2.11. The summed E-state index contributed by atoms with van der Waals surface area (Å²) in [4.78, 5) is 11.8. The van der Waals surface area contributed by atoms with E-state index < -0.39 is 0 Å². The van der Waals surface area contributed by atoms with Crippen molar-refractivity contribution < 1.29 is 15.0 Å². The summed E-state index contributed by atoms with van der Waals surface area (Å²) in [5, 5.41) is 24.9. The van der Waals surface area contributed by atoms with Crippen molar-refractivity contribution in [3.63, 3.8) is 0 Å². The molecule has 194 valence electrons. The van der Waals surface area contributed by atoms with Crippen LogP contribution < -0.4 is 5.32 Å². The van der Waals surface area contributed by atoms with E-state index in [0.29, 0.717) is 12.2 Å². The third-order valence-corrected chi connectivity index (χ3v) is 6.98. The number of rotatable bonds is 16. The molecule has 0 unspecified atom stereocenters. The Hall–Kier alpha value is -3.01. The lowest BCUT2D eigenvalue weighted by molar-refractivity contribution is -0.121. The summed E-state index contributed by atoms with van der Waals surface area (Å²) in [6.45, 7) is 3.00. The van der Waals surface area contributed by atoms with Gasteiger partial charge in [0.05, 0.1) is 0 Å². The van der Waals surface area contributed by atoms with Gasteiger partial charge in [-0.25, -0.2) is 0 Å². The quantitative estimate of drug-likeness (QED) is 0.177. The Labute approximate surface area is 216 Å². The Kier molecular flexibility index (Phi) is 11.6. The Bertz CT molecular complexity index is 1070. The number of hydrogen-bond donors (Lipinski definition) is 3. The minimum absolute atomic E-state index is 0.210. The van der Waals surface area contributed by atoms with Crippen LogP contribution in [0.25, 0.3) is 21.9 Å². The van der Waals surface area contributed by atoms with Gasteiger partial charge in [0.1, 0.15) is 11.5 Å². The van der Waals surface area contributed by atoms with E-state index in [1.54, 1.807) is 18.2 Å². The SMILES string of the molecule is CCCCCNC(=O)CCCCCCCCCCc1c(-c2ccc(O)cc2)ccc2cc(O)ccc12. The van der Waals surface area contributed by atoms with E-state index in [2.05, 4.69) is 24.4 Å². The zero-order valence-electron chi connectivity index (χ0n) is 21.9. The molecule has 3 aromatic carbocycles. The van der Waals surface area contributed by atoms with Crippen LogP contribution in [0.2, 0.25) is 0 Å². The highest BCUT2D eigenvalue weighted by Crippen LogP contribution is 2.34. The standard InChI is InChI=1S/C32H43NO3/c1-2-3-12-23-33-32(36)14-11-9-7-5-4-6-8-10-13-31-29(25-15-18-27(34)19-16-25)21-17-26-24-28(35)20-22-30(26)31/h15-22,24,34-35H,2-14,23H2,1H3,(H,33,36). The molecule has 3 aromatic rings. The van der Waals surface area contributed by atoms with Gasteiger partial charge < -0.3 is 15.5 Å². The minimum Gasteiger partial charge on any atom is -0.508 e. The second-order valence-corrected chi connectivity index (χ2v) is 9.93. The van der Waals surface area contributed by atoms with Crippen LogP contribution in [0.1, 0.15) is 89.5 Å². The van der Waals surface area contributed by atoms with Crippen molar-refractivity contribution in [1.82, 2.24) is 5.32 Å². The summed E-state index contributed by atoms with van der Waals surface area (Å²) < 4.78 is 0. The lowest BCUT2D eigenvalue weighted by Crippen LogP contribution is -2.23. The molecule has 0 fully saturated rings. The molecule has 0 atom stereocenters. The topological polar surface area (TPSA) is 69.6 Å². The maximum atomic E-state index is 11.8. The molecule has 0 aromatic heterocycles. The Balaban J connectivity index is 1.40. The lowest BCUT2D eigenvalue weighted by atomic mass is 9.90. The van der Waals surface area contributed by atoms with Gasteiger partial charge >= 0.3 is 0 Å². The predicted octanol–water partition coefficient (Wildman–Crippen LogP) is 8.28. The van der Waals surface area contributed by atoms with E-state index in [-0.39, 0.29) is 11.7 Å². The molecule has 3 rings (SSSR count). The molecule has 0 heterocycles. The second-order valence-electron chi connectivity index (χ2n) is 9.93. The van der Waals surface area contributed by atoms with Gasteiger partial charge in [-0.1, -0.05) is 88.6 Å². The van der Waals surface area contributed by atoms with Gasteiger partial charge in [-0.3, -0.25) is 4.79 Å². The number of carbonyl (C=O) groups excluding carboxylic acids is 1. The molecule has 0 aliphatic rings. The fourth-order valence-electron chi connectivity index (χ4n) is 4.90. The molecule has 0 radical (unpaired) electrons. The fraction of sp³-hybridized carbons (Fsp3) is 0.469. The van der Waals surface area contributed by atoms with Crippen molar-refractivity contribution in [2.75, 3.05) is 6.54 Å². The molecule has 0 aliphatic carbocycles. The molecule has 3 N–H and O–H groups in total. The Morgan fingerprint density at radius 1 is 0.722 bits per heavy atom. The predicted molar refractivity (Wildman–Crippen MR) is 151 cm³/mol. The van der Waals surface area contributed by atoms with E-state index in [1.807, 2.05) is 24.3 Å². The number of fused-ring (bicyclic) bond motifs is 1. The normalized spacial score (nSPS) is 11.1. The maximum absolute atomic E-state index is 11.8. The molecule has 4 heteroatoms. The summed E-state index contributed by atoms with van der Waals surface area (Å²) in [6, 6.07) is 17.2. The highest BCUT2D eigenvalue weighted by atomic mass is 16.3. The Morgan fingerprint density at radius 3 is 2.11 bits per heavy atom. The largest absolute Gasteiger partial charge is 0.508 e. The molecular weight excluding hydrogens is 446 g/mol. The third kappa shape index (κ3) is 8.89. The summed E-state index contributed by atoms with van der Waals surface area (Å²) in [5.74, 6) is 0.775. The van der Waals surface area contributed by atoms with Gasteiger partial charge in [0.15, 0.2) is 0 Å². The first kappa shape index (κ1) is 27.6. The molecule has 0 spiro atoms. The number of nitrogens with one attached hydrogen (secondary N) is 1. The van der Waals surface area contributed by atoms with Crippen molar-refractivity contribution >= 4 is 16.7 Å².